The molecule has 1 atom stereocenters. The highest BCUT2D eigenvalue weighted by molar-refractivity contribution is 6.06. The van der Waals surface area contributed by atoms with E-state index in [9.17, 15) is 10.1 Å². The summed E-state index contributed by atoms with van der Waals surface area (Å²) in [6.45, 7) is 1.94. The molecule has 0 aromatic heterocycles. The zero-order chi connectivity index (χ0) is 22.1. The van der Waals surface area contributed by atoms with Crippen LogP contribution in [-0.4, -0.2) is 13.0 Å². The van der Waals surface area contributed by atoms with Crippen LogP contribution in [0.4, 0.5) is 5.69 Å². The number of amides is 1. The first kappa shape index (κ1) is 21.5. The van der Waals surface area contributed by atoms with Crippen molar-refractivity contribution in [2.24, 2.45) is 0 Å². The molecular formula is C25H23N3O3. The Labute approximate surface area is 181 Å². The first-order valence-corrected chi connectivity index (χ1v) is 9.73. The Hall–Kier alpha value is -4.24. The first-order valence-electron chi connectivity index (χ1n) is 9.73. The lowest BCUT2D eigenvalue weighted by Crippen LogP contribution is -2.18. The number of anilines is 1. The van der Waals surface area contributed by atoms with Crippen LogP contribution in [0.15, 0.2) is 90.6 Å². The van der Waals surface area contributed by atoms with Crippen LogP contribution in [0.5, 0.6) is 17.2 Å². The van der Waals surface area contributed by atoms with Gasteiger partial charge >= 0.3 is 0 Å². The van der Waals surface area contributed by atoms with Crippen LogP contribution < -0.4 is 20.1 Å². The fraction of sp³-hybridized carbons (Fsp3) is 0.120. The van der Waals surface area contributed by atoms with Crippen LogP contribution in [0, 0.1) is 11.3 Å². The highest BCUT2D eigenvalue weighted by atomic mass is 16.5. The Kier molecular flexibility index (Phi) is 7.28. The Morgan fingerprint density at radius 1 is 0.935 bits per heavy atom. The second kappa shape index (κ2) is 10.5. The van der Waals surface area contributed by atoms with Crippen LogP contribution in [0.2, 0.25) is 0 Å². The second-order valence-corrected chi connectivity index (χ2v) is 6.72. The molecule has 1 unspecified atom stereocenters. The van der Waals surface area contributed by atoms with Gasteiger partial charge in [0.25, 0.3) is 5.91 Å². The van der Waals surface area contributed by atoms with Gasteiger partial charge in [-0.15, -0.1) is 0 Å². The molecule has 6 nitrogen and oxygen atoms in total. The number of nitriles is 1. The Bertz CT molecular complexity index is 1070. The number of rotatable bonds is 8. The molecule has 3 aromatic rings. The molecule has 0 spiro atoms. The molecule has 31 heavy (non-hydrogen) atoms. The highest BCUT2D eigenvalue weighted by Crippen LogP contribution is 2.23. The van der Waals surface area contributed by atoms with Gasteiger partial charge in [-0.2, -0.15) is 5.26 Å². The van der Waals surface area contributed by atoms with Gasteiger partial charge in [-0.05, 0) is 61.0 Å². The molecule has 0 saturated carbocycles. The van der Waals surface area contributed by atoms with Crippen molar-refractivity contribution in [3.05, 3.63) is 96.2 Å². The fourth-order valence-corrected chi connectivity index (χ4v) is 2.78. The minimum Gasteiger partial charge on any atom is -0.497 e. The molecule has 0 fully saturated rings. The summed E-state index contributed by atoms with van der Waals surface area (Å²) < 4.78 is 10.9. The van der Waals surface area contributed by atoms with Gasteiger partial charge in [0, 0.05) is 17.9 Å². The average molecular weight is 413 g/mol. The van der Waals surface area contributed by atoms with Crippen molar-refractivity contribution in [1.82, 2.24) is 5.32 Å². The quantitative estimate of drug-likeness (QED) is 0.392. The fourth-order valence-electron chi connectivity index (χ4n) is 2.78. The van der Waals surface area contributed by atoms with Crippen LogP contribution in [0.1, 0.15) is 18.5 Å². The number of ether oxygens (including phenoxy) is 2. The predicted molar refractivity (Wildman–Crippen MR) is 120 cm³/mol. The summed E-state index contributed by atoms with van der Waals surface area (Å²) in [7, 11) is 1.61. The Balaban J connectivity index is 1.59. The number of nitrogens with zero attached hydrogens (tertiary/aromatic N) is 1. The lowest BCUT2D eigenvalue weighted by Gasteiger charge is -2.13. The number of nitrogens with one attached hydrogen (secondary N) is 2. The molecule has 0 aliphatic rings. The van der Waals surface area contributed by atoms with E-state index in [0.717, 1.165) is 17.1 Å². The number of methoxy groups -OCH3 is 1. The molecule has 1 amide bonds. The number of hydrogen-bond acceptors (Lipinski definition) is 5. The van der Waals surface area contributed by atoms with Crippen molar-refractivity contribution >= 4 is 11.6 Å². The lowest BCUT2D eigenvalue weighted by atomic mass is 10.1. The van der Waals surface area contributed by atoms with Gasteiger partial charge < -0.3 is 20.1 Å². The van der Waals surface area contributed by atoms with Crippen molar-refractivity contribution in [3.63, 3.8) is 0 Å². The maximum Gasteiger partial charge on any atom is 0.267 e. The number of hydrogen-bond donors (Lipinski definition) is 2. The maximum atomic E-state index is 12.5. The van der Waals surface area contributed by atoms with Crippen molar-refractivity contribution in [2.45, 2.75) is 13.0 Å². The van der Waals surface area contributed by atoms with E-state index in [1.165, 1.54) is 6.20 Å². The van der Waals surface area contributed by atoms with Gasteiger partial charge in [-0.25, -0.2) is 0 Å². The van der Waals surface area contributed by atoms with Gasteiger partial charge in [0.15, 0.2) is 0 Å². The summed E-state index contributed by atoms with van der Waals surface area (Å²) >= 11 is 0. The molecule has 0 radical (unpaired) electrons. The van der Waals surface area contributed by atoms with E-state index < -0.39 is 5.91 Å². The number of carbonyl (C=O) groups excluding carboxylic acids is 1. The van der Waals surface area contributed by atoms with E-state index in [4.69, 9.17) is 9.47 Å². The molecule has 3 rings (SSSR count). The molecule has 0 aliphatic heterocycles. The van der Waals surface area contributed by atoms with Crippen LogP contribution in [-0.2, 0) is 4.79 Å². The number of para-hydroxylation sites is 1. The number of benzene rings is 3. The molecule has 3 aromatic carbocycles. The van der Waals surface area contributed by atoms with Gasteiger partial charge in [0.1, 0.15) is 28.9 Å². The van der Waals surface area contributed by atoms with Gasteiger partial charge in [-0.3, -0.25) is 4.79 Å². The third-order valence-corrected chi connectivity index (χ3v) is 4.55. The van der Waals surface area contributed by atoms with Crippen molar-refractivity contribution in [3.8, 4) is 23.3 Å². The Morgan fingerprint density at radius 3 is 2.16 bits per heavy atom. The van der Waals surface area contributed by atoms with Crippen LogP contribution in [0.3, 0.4) is 0 Å². The van der Waals surface area contributed by atoms with E-state index in [-0.39, 0.29) is 11.6 Å². The summed E-state index contributed by atoms with van der Waals surface area (Å²) in [4.78, 5) is 12.5. The average Bonchev–Trinajstić information content (AvgIpc) is 2.81. The van der Waals surface area contributed by atoms with Gasteiger partial charge in [-0.1, -0.05) is 30.3 Å². The SMILES string of the molecule is COc1ccc(C(C)N/C=C(/C#N)C(=O)Nc2ccc(Oc3ccccc3)cc2)cc1. The second-order valence-electron chi connectivity index (χ2n) is 6.72. The van der Waals surface area contributed by atoms with Crippen molar-refractivity contribution in [1.29, 1.82) is 5.26 Å². The highest BCUT2D eigenvalue weighted by Gasteiger charge is 2.11. The Morgan fingerprint density at radius 2 is 1.55 bits per heavy atom. The van der Waals surface area contributed by atoms with E-state index in [1.807, 2.05) is 67.6 Å². The third-order valence-electron chi connectivity index (χ3n) is 4.55. The minimum atomic E-state index is -0.492. The van der Waals surface area contributed by atoms with Gasteiger partial charge in [0.2, 0.25) is 0 Å². The monoisotopic (exact) mass is 413 g/mol. The third kappa shape index (κ3) is 6.12. The summed E-state index contributed by atoms with van der Waals surface area (Å²) in [5.41, 5.74) is 1.54. The zero-order valence-corrected chi connectivity index (χ0v) is 17.3. The normalized spacial score (nSPS) is 11.7. The summed E-state index contributed by atoms with van der Waals surface area (Å²) in [5.74, 6) is 1.65. The molecular weight excluding hydrogens is 390 g/mol. The van der Waals surface area contributed by atoms with E-state index in [2.05, 4.69) is 10.6 Å². The van der Waals surface area contributed by atoms with Gasteiger partial charge in [0.05, 0.1) is 7.11 Å². The largest absolute Gasteiger partial charge is 0.497 e. The maximum absolute atomic E-state index is 12.5. The molecule has 0 heterocycles. The molecule has 0 saturated heterocycles. The molecule has 2 N–H and O–H groups in total. The van der Waals surface area contributed by atoms with E-state index >= 15 is 0 Å². The number of carbonyl (C=O) groups is 1. The van der Waals surface area contributed by atoms with E-state index in [1.54, 1.807) is 31.4 Å². The predicted octanol–water partition coefficient (Wildman–Crippen LogP) is 5.18. The molecule has 0 bridgehead atoms. The summed E-state index contributed by atoms with van der Waals surface area (Å²) in [6, 6.07) is 25.8. The molecule has 156 valence electrons. The smallest absolute Gasteiger partial charge is 0.267 e. The molecule has 6 heteroatoms. The van der Waals surface area contributed by atoms with Crippen molar-refractivity contribution in [2.75, 3.05) is 12.4 Å². The van der Waals surface area contributed by atoms with E-state index in [0.29, 0.717) is 11.4 Å². The minimum absolute atomic E-state index is 0.0232. The zero-order valence-electron chi connectivity index (χ0n) is 17.3. The van der Waals surface area contributed by atoms with Crippen LogP contribution in [0.25, 0.3) is 0 Å². The topological polar surface area (TPSA) is 83.4 Å². The standard InChI is InChI=1S/C25H23N3O3/c1-18(19-8-12-22(30-2)13-9-19)27-17-20(16-26)25(29)28-21-10-14-24(15-11-21)31-23-6-4-3-5-7-23/h3-15,17-18,27H,1-2H3,(H,28,29)/b20-17-. The first-order chi connectivity index (χ1) is 15.1. The summed E-state index contributed by atoms with van der Waals surface area (Å²) in [6.07, 6.45) is 1.43. The summed E-state index contributed by atoms with van der Waals surface area (Å²) in [5, 5.41) is 15.2. The molecule has 0 aliphatic carbocycles. The lowest BCUT2D eigenvalue weighted by molar-refractivity contribution is -0.112. The van der Waals surface area contributed by atoms with Crippen LogP contribution >= 0.6 is 0 Å². The van der Waals surface area contributed by atoms with Crippen molar-refractivity contribution < 1.29 is 14.3 Å².